The summed E-state index contributed by atoms with van der Waals surface area (Å²) in [6.45, 7) is 3.52. The van der Waals surface area contributed by atoms with E-state index in [-0.39, 0.29) is 16.9 Å². The van der Waals surface area contributed by atoms with E-state index in [1.54, 1.807) is 6.92 Å². The summed E-state index contributed by atoms with van der Waals surface area (Å²) in [5, 5.41) is 4.04. The van der Waals surface area contributed by atoms with E-state index in [9.17, 15) is 14.3 Å². The molecule has 0 aliphatic heterocycles. The number of rotatable bonds is 6. The van der Waals surface area contributed by atoms with E-state index in [0.717, 1.165) is 11.3 Å². The van der Waals surface area contributed by atoms with Gasteiger partial charge in [0.2, 0.25) is 0 Å². The highest BCUT2D eigenvalue weighted by atomic mass is 32.1. The molecule has 1 aromatic rings. The van der Waals surface area contributed by atoms with Gasteiger partial charge in [-0.05, 0) is 13.3 Å². The summed E-state index contributed by atoms with van der Waals surface area (Å²) in [6, 6.07) is 0. The van der Waals surface area contributed by atoms with Crippen LogP contribution in [0.3, 0.4) is 0 Å². The third kappa shape index (κ3) is 4.73. The van der Waals surface area contributed by atoms with Crippen molar-refractivity contribution in [3.8, 4) is 0 Å². The van der Waals surface area contributed by atoms with Gasteiger partial charge in [0.15, 0.2) is 5.13 Å². The van der Waals surface area contributed by atoms with Crippen molar-refractivity contribution in [3.05, 3.63) is 11.1 Å². The number of carbonyl (C=O) groups excluding carboxylic acids is 1. The minimum absolute atomic E-state index is 0.126. The molecule has 0 spiro atoms. The molecule has 18 heavy (non-hydrogen) atoms. The summed E-state index contributed by atoms with van der Waals surface area (Å²) >= 11 is 1.12. The summed E-state index contributed by atoms with van der Waals surface area (Å²) in [4.78, 5) is 24.8. The fourth-order valence-electron chi connectivity index (χ4n) is 1.05. The second-order valence-electron chi connectivity index (χ2n) is 3.70. The summed E-state index contributed by atoms with van der Waals surface area (Å²) in [5.74, 6) is -0.551. The quantitative estimate of drug-likeness (QED) is 0.683. The van der Waals surface area contributed by atoms with Crippen LogP contribution in [-0.2, 0) is 9.09 Å². The molecule has 0 bridgehead atoms. The summed E-state index contributed by atoms with van der Waals surface area (Å²) in [6.07, 6.45) is -0.179. The number of carbonyl (C=O) groups is 1. The zero-order valence-corrected chi connectivity index (χ0v) is 11.8. The average Bonchev–Trinajstić information content (AvgIpc) is 2.72. The zero-order valence-electron chi connectivity index (χ0n) is 10.1. The number of nitrogens with zero attached hydrogens (tertiary/aromatic N) is 1. The van der Waals surface area contributed by atoms with Crippen molar-refractivity contribution in [1.82, 2.24) is 10.3 Å². The van der Waals surface area contributed by atoms with Gasteiger partial charge < -0.3 is 20.5 Å². The number of nitrogens with one attached hydrogen (secondary N) is 1. The molecule has 0 aliphatic rings. The molecule has 0 aliphatic carbocycles. The maximum absolute atomic E-state index is 11.6. The molecule has 0 saturated heterocycles. The van der Waals surface area contributed by atoms with Crippen LogP contribution in [0.5, 0.6) is 0 Å². The summed E-state index contributed by atoms with van der Waals surface area (Å²) in [5.41, 5.74) is 5.51. The molecule has 9 heteroatoms. The van der Waals surface area contributed by atoms with Gasteiger partial charge in [0.1, 0.15) is 12.0 Å². The van der Waals surface area contributed by atoms with Crippen molar-refractivity contribution in [2.45, 2.75) is 26.4 Å². The third-order valence-electron chi connectivity index (χ3n) is 2.11. The van der Waals surface area contributed by atoms with Crippen LogP contribution in [-0.4, -0.2) is 28.2 Å². The van der Waals surface area contributed by atoms with E-state index in [0.29, 0.717) is 6.42 Å². The van der Waals surface area contributed by atoms with Gasteiger partial charge in [-0.25, -0.2) is 4.98 Å². The van der Waals surface area contributed by atoms with Gasteiger partial charge in [-0.3, -0.25) is 9.36 Å². The SMILES string of the molecule is CCC(C)OP(=O)(O)CNC(=O)c1csc(N)n1. The van der Waals surface area contributed by atoms with E-state index in [4.69, 9.17) is 10.3 Å². The average molecular weight is 293 g/mol. The van der Waals surface area contributed by atoms with Gasteiger partial charge >= 0.3 is 7.60 Å². The standard InChI is InChI=1S/C9H16N3O4PS/c1-3-6(2)16-17(14,15)5-11-8(13)7-4-18-9(10)12-7/h4,6H,3,5H2,1-2H3,(H2,10,12)(H,11,13)(H,14,15). The summed E-state index contributed by atoms with van der Waals surface area (Å²) in [7, 11) is -3.82. The number of anilines is 1. The van der Waals surface area contributed by atoms with Gasteiger partial charge in [-0.2, -0.15) is 0 Å². The largest absolute Gasteiger partial charge is 0.375 e. The topological polar surface area (TPSA) is 115 Å². The van der Waals surface area contributed by atoms with Crippen LogP contribution in [0.1, 0.15) is 30.8 Å². The van der Waals surface area contributed by atoms with Crippen LogP contribution < -0.4 is 11.1 Å². The van der Waals surface area contributed by atoms with Crippen molar-refractivity contribution in [1.29, 1.82) is 0 Å². The highest BCUT2D eigenvalue weighted by Gasteiger charge is 2.23. The Balaban J connectivity index is 2.49. The molecule has 0 saturated carbocycles. The molecule has 1 rings (SSSR count). The molecule has 102 valence electrons. The highest BCUT2D eigenvalue weighted by Crippen LogP contribution is 2.42. The molecule has 2 atom stereocenters. The van der Waals surface area contributed by atoms with Gasteiger partial charge in [0, 0.05) is 5.38 Å². The predicted octanol–water partition coefficient (Wildman–Crippen LogP) is 1.41. The minimum atomic E-state index is -3.82. The Morgan fingerprint density at radius 1 is 1.78 bits per heavy atom. The smallest absolute Gasteiger partial charge is 0.347 e. The molecular formula is C9H16N3O4PS. The van der Waals surface area contributed by atoms with Crippen molar-refractivity contribution >= 4 is 30.0 Å². The van der Waals surface area contributed by atoms with Crippen LogP contribution in [0.25, 0.3) is 0 Å². The molecule has 2 unspecified atom stereocenters. The maximum atomic E-state index is 11.6. The number of amides is 1. The normalized spacial score (nSPS) is 15.9. The van der Waals surface area contributed by atoms with Crippen molar-refractivity contribution in [2.24, 2.45) is 0 Å². The van der Waals surface area contributed by atoms with E-state index < -0.39 is 19.8 Å². The maximum Gasteiger partial charge on any atom is 0.347 e. The first-order chi connectivity index (χ1) is 8.34. The number of thiazole rings is 1. The van der Waals surface area contributed by atoms with E-state index in [1.165, 1.54) is 5.38 Å². The lowest BCUT2D eigenvalue weighted by atomic mass is 10.3. The van der Waals surface area contributed by atoms with E-state index >= 15 is 0 Å². The Hall–Kier alpha value is -0.950. The van der Waals surface area contributed by atoms with Crippen LogP contribution in [0, 0.1) is 0 Å². The van der Waals surface area contributed by atoms with E-state index in [1.807, 2.05) is 6.92 Å². The first-order valence-corrected chi connectivity index (χ1v) is 7.97. The monoisotopic (exact) mass is 293 g/mol. The highest BCUT2D eigenvalue weighted by molar-refractivity contribution is 7.52. The third-order valence-corrected chi connectivity index (χ3v) is 4.03. The molecule has 7 nitrogen and oxygen atoms in total. The number of nitrogen functional groups attached to an aromatic ring is 1. The molecule has 0 fully saturated rings. The fourth-order valence-corrected chi connectivity index (χ4v) is 2.72. The van der Waals surface area contributed by atoms with Crippen molar-refractivity contribution < 1.29 is 18.8 Å². The molecule has 1 aromatic heterocycles. The number of aromatic nitrogens is 1. The lowest BCUT2D eigenvalue weighted by Crippen LogP contribution is -2.26. The van der Waals surface area contributed by atoms with Gasteiger partial charge in [0.05, 0.1) is 6.10 Å². The second kappa shape index (κ2) is 6.29. The molecule has 4 N–H and O–H groups in total. The van der Waals surface area contributed by atoms with Crippen LogP contribution >= 0.6 is 18.9 Å². The minimum Gasteiger partial charge on any atom is -0.375 e. The molecular weight excluding hydrogens is 277 g/mol. The molecule has 1 amide bonds. The molecule has 1 heterocycles. The number of nitrogens with two attached hydrogens (primary N) is 1. The first-order valence-electron chi connectivity index (χ1n) is 5.33. The second-order valence-corrected chi connectivity index (χ2v) is 6.39. The lowest BCUT2D eigenvalue weighted by Gasteiger charge is -2.16. The number of hydrogen-bond acceptors (Lipinski definition) is 6. The van der Waals surface area contributed by atoms with Crippen molar-refractivity contribution in [3.63, 3.8) is 0 Å². The Labute approximate surface area is 109 Å². The Bertz CT molecular complexity index is 464. The predicted molar refractivity (Wildman–Crippen MR) is 69.5 cm³/mol. The van der Waals surface area contributed by atoms with Gasteiger partial charge in [-0.1, -0.05) is 6.92 Å². The van der Waals surface area contributed by atoms with Crippen LogP contribution in [0.15, 0.2) is 5.38 Å². The summed E-state index contributed by atoms with van der Waals surface area (Å²) < 4.78 is 16.5. The van der Waals surface area contributed by atoms with Gasteiger partial charge in [0.25, 0.3) is 5.91 Å². The Morgan fingerprint density at radius 2 is 2.44 bits per heavy atom. The number of hydrogen-bond donors (Lipinski definition) is 3. The van der Waals surface area contributed by atoms with Crippen molar-refractivity contribution in [2.75, 3.05) is 12.0 Å². The zero-order chi connectivity index (χ0) is 13.8. The molecule has 0 aromatic carbocycles. The molecule has 0 radical (unpaired) electrons. The van der Waals surface area contributed by atoms with E-state index in [2.05, 4.69) is 10.3 Å². The first kappa shape index (κ1) is 15.1. The Morgan fingerprint density at radius 3 is 2.94 bits per heavy atom. The Kier molecular flexibility index (Phi) is 5.28. The van der Waals surface area contributed by atoms with Crippen LogP contribution in [0.2, 0.25) is 0 Å². The fraction of sp³-hybridized carbons (Fsp3) is 0.556. The lowest BCUT2D eigenvalue weighted by molar-refractivity contribution is 0.0949. The van der Waals surface area contributed by atoms with Gasteiger partial charge in [-0.15, -0.1) is 11.3 Å². The van der Waals surface area contributed by atoms with Crippen LogP contribution in [0.4, 0.5) is 5.13 Å².